The normalized spacial score (nSPS) is 25.1. The molecule has 2 amide bonds. The van der Waals surface area contributed by atoms with E-state index in [2.05, 4.69) is 19.2 Å². The lowest BCUT2D eigenvalue weighted by Gasteiger charge is -2.31. The van der Waals surface area contributed by atoms with Crippen LogP contribution in [0.3, 0.4) is 0 Å². The Morgan fingerprint density at radius 3 is 3.00 bits per heavy atom. The van der Waals surface area contributed by atoms with Crippen LogP contribution in [0.5, 0.6) is 0 Å². The molecule has 1 N–H and O–H groups in total. The highest BCUT2D eigenvalue weighted by Gasteiger charge is 2.35. The van der Waals surface area contributed by atoms with Crippen molar-refractivity contribution in [2.24, 2.45) is 5.92 Å². The van der Waals surface area contributed by atoms with Crippen LogP contribution in [0.2, 0.25) is 0 Å². The number of carbonyl (C=O) groups is 1. The van der Waals surface area contributed by atoms with Crippen LogP contribution in [0.4, 0.5) is 4.79 Å². The zero-order valence-corrected chi connectivity index (χ0v) is 12.8. The second kappa shape index (κ2) is 7.27. The quantitative estimate of drug-likeness (QED) is 0.759. The summed E-state index contributed by atoms with van der Waals surface area (Å²) in [4.78, 5) is 14.0. The molecule has 20 heavy (non-hydrogen) atoms. The number of ether oxygens (including phenoxy) is 2. The van der Waals surface area contributed by atoms with Crippen molar-refractivity contribution in [2.45, 2.75) is 45.1 Å². The molecule has 2 fully saturated rings. The maximum absolute atomic E-state index is 12.1. The molecule has 116 valence electrons. The van der Waals surface area contributed by atoms with Crippen molar-refractivity contribution in [3.05, 3.63) is 0 Å². The van der Waals surface area contributed by atoms with Crippen LogP contribution >= 0.6 is 0 Å². The molecule has 0 aromatic carbocycles. The molecule has 1 unspecified atom stereocenters. The minimum atomic E-state index is 0.00303. The fourth-order valence-corrected chi connectivity index (χ4v) is 2.91. The van der Waals surface area contributed by atoms with E-state index in [0.29, 0.717) is 19.1 Å². The molecular weight excluding hydrogens is 256 g/mol. The van der Waals surface area contributed by atoms with Crippen molar-refractivity contribution in [3.63, 3.8) is 0 Å². The van der Waals surface area contributed by atoms with Crippen molar-refractivity contribution < 1.29 is 14.3 Å². The monoisotopic (exact) mass is 284 g/mol. The third-order valence-corrected chi connectivity index (χ3v) is 4.27. The van der Waals surface area contributed by atoms with E-state index >= 15 is 0 Å². The van der Waals surface area contributed by atoms with E-state index < -0.39 is 0 Å². The van der Waals surface area contributed by atoms with E-state index in [1.165, 1.54) is 0 Å². The van der Waals surface area contributed by atoms with E-state index in [9.17, 15) is 4.79 Å². The molecule has 2 rings (SSSR count). The van der Waals surface area contributed by atoms with Crippen LogP contribution in [0.15, 0.2) is 0 Å². The summed E-state index contributed by atoms with van der Waals surface area (Å²) in [5.41, 5.74) is 0.00303. The smallest absolute Gasteiger partial charge is 0.317 e. The molecule has 0 aromatic rings. The van der Waals surface area contributed by atoms with Crippen molar-refractivity contribution >= 4 is 6.03 Å². The third-order valence-electron chi connectivity index (χ3n) is 4.27. The summed E-state index contributed by atoms with van der Waals surface area (Å²) in [6.07, 6.45) is 4.17. The van der Waals surface area contributed by atoms with Gasteiger partial charge in [0, 0.05) is 37.8 Å². The van der Waals surface area contributed by atoms with Gasteiger partial charge in [-0.2, -0.15) is 0 Å². The highest BCUT2D eigenvalue weighted by Crippen LogP contribution is 2.27. The van der Waals surface area contributed by atoms with Crippen LogP contribution in [-0.2, 0) is 9.47 Å². The number of carbonyl (C=O) groups excluding carboxylic acids is 1. The summed E-state index contributed by atoms with van der Waals surface area (Å²) in [5, 5.41) is 2.99. The molecular formula is C15H28N2O3. The average molecular weight is 284 g/mol. The molecule has 1 atom stereocenters. The Kier molecular flexibility index (Phi) is 5.66. The van der Waals surface area contributed by atoms with Gasteiger partial charge < -0.3 is 19.7 Å². The molecule has 2 heterocycles. The molecule has 0 bridgehead atoms. The second-order valence-electron chi connectivity index (χ2n) is 6.46. The maximum Gasteiger partial charge on any atom is 0.317 e. The zero-order chi connectivity index (χ0) is 14.4. The van der Waals surface area contributed by atoms with Gasteiger partial charge in [0.1, 0.15) is 0 Å². The molecule has 5 nitrogen and oxygen atoms in total. The first-order valence-electron chi connectivity index (χ1n) is 7.80. The topological polar surface area (TPSA) is 50.8 Å². The van der Waals surface area contributed by atoms with Gasteiger partial charge in [0.15, 0.2) is 0 Å². The van der Waals surface area contributed by atoms with Gasteiger partial charge in [-0.15, -0.1) is 0 Å². The Bertz CT molecular complexity index is 314. The lowest BCUT2D eigenvalue weighted by molar-refractivity contribution is 0.0881. The van der Waals surface area contributed by atoms with Gasteiger partial charge in [-0.3, -0.25) is 0 Å². The number of rotatable bonds is 6. The highest BCUT2D eigenvalue weighted by atomic mass is 16.5. The Hall–Kier alpha value is -0.810. The predicted molar refractivity (Wildman–Crippen MR) is 77.8 cm³/mol. The number of nitrogens with zero attached hydrogens (tertiary/aromatic N) is 1. The standard InChI is InChI=1S/C15H28N2O3/c1-15(2)6-3-8-17(15)14(18)16-7-4-9-19-11-13-5-10-20-12-13/h13H,3-12H2,1-2H3,(H,16,18). The summed E-state index contributed by atoms with van der Waals surface area (Å²) in [6.45, 7) is 9.02. The van der Waals surface area contributed by atoms with E-state index in [1.807, 2.05) is 4.90 Å². The van der Waals surface area contributed by atoms with Crippen LogP contribution in [0, 0.1) is 5.92 Å². The first kappa shape index (κ1) is 15.6. The lowest BCUT2D eigenvalue weighted by Crippen LogP contribution is -2.48. The highest BCUT2D eigenvalue weighted by molar-refractivity contribution is 5.75. The molecule has 0 spiro atoms. The SMILES string of the molecule is CC1(C)CCCN1C(=O)NCCCOCC1CCOC1. The first-order valence-corrected chi connectivity index (χ1v) is 7.80. The summed E-state index contributed by atoms with van der Waals surface area (Å²) in [5.74, 6) is 0.565. The number of nitrogens with one attached hydrogen (secondary N) is 1. The number of hydrogen-bond donors (Lipinski definition) is 1. The molecule has 2 aliphatic rings. The van der Waals surface area contributed by atoms with Crippen molar-refractivity contribution in [1.29, 1.82) is 0 Å². The minimum absolute atomic E-state index is 0.00303. The molecule has 5 heteroatoms. The Morgan fingerprint density at radius 2 is 2.35 bits per heavy atom. The van der Waals surface area contributed by atoms with E-state index in [-0.39, 0.29) is 11.6 Å². The van der Waals surface area contributed by atoms with Crippen molar-refractivity contribution in [1.82, 2.24) is 10.2 Å². The van der Waals surface area contributed by atoms with Crippen LogP contribution < -0.4 is 5.32 Å². The third kappa shape index (κ3) is 4.35. The molecule has 2 saturated heterocycles. The van der Waals surface area contributed by atoms with Crippen LogP contribution in [-0.4, -0.2) is 56.0 Å². The number of hydrogen-bond acceptors (Lipinski definition) is 3. The minimum Gasteiger partial charge on any atom is -0.381 e. The molecule has 0 aromatic heterocycles. The number of urea groups is 1. The zero-order valence-electron chi connectivity index (χ0n) is 12.8. The van der Waals surface area contributed by atoms with Crippen molar-refractivity contribution in [3.8, 4) is 0 Å². The number of amides is 2. The van der Waals surface area contributed by atoms with Gasteiger partial charge in [-0.05, 0) is 39.5 Å². The fraction of sp³-hybridized carbons (Fsp3) is 0.933. The Labute approximate surface area is 122 Å². The first-order chi connectivity index (χ1) is 9.59. The Balaban J connectivity index is 1.51. The largest absolute Gasteiger partial charge is 0.381 e. The maximum atomic E-state index is 12.1. The summed E-state index contributed by atoms with van der Waals surface area (Å²) in [7, 11) is 0. The molecule has 0 aliphatic carbocycles. The average Bonchev–Trinajstić information content (AvgIpc) is 3.02. The van der Waals surface area contributed by atoms with E-state index in [4.69, 9.17) is 9.47 Å². The lowest BCUT2D eigenvalue weighted by atomic mass is 10.0. The van der Waals surface area contributed by atoms with Gasteiger partial charge in [0.2, 0.25) is 0 Å². The van der Waals surface area contributed by atoms with E-state index in [1.54, 1.807) is 0 Å². The van der Waals surface area contributed by atoms with Gasteiger partial charge in [0.05, 0.1) is 13.2 Å². The van der Waals surface area contributed by atoms with Crippen molar-refractivity contribution in [2.75, 3.05) is 39.5 Å². The van der Waals surface area contributed by atoms with Gasteiger partial charge in [-0.25, -0.2) is 4.79 Å². The number of likely N-dealkylation sites (tertiary alicyclic amines) is 1. The fourth-order valence-electron chi connectivity index (χ4n) is 2.91. The summed E-state index contributed by atoms with van der Waals surface area (Å²) < 4.78 is 10.9. The summed E-state index contributed by atoms with van der Waals surface area (Å²) in [6, 6.07) is 0.0664. The predicted octanol–water partition coefficient (Wildman–Crippen LogP) is 2.01. The molecule has 2 aliphatic heterocycles. The van der Waals surface area contributed by atoms with Gasteiger partial charge >= 0.3 is 6.03 Å². The molecule has 0 radical (unpaired) electrons. The van der Waals surface area contributed by atoms with Gasteiger partial charge in [-0.1, -0.05) is 0 Å². The van der Waals surface area contributed by atoms with Crippen LogP contribution in [0.1, 0.15) is 39.5 Å². The van der Waals surface area contributed by atoms with Gasteiger partial charge in [0.25, 0.3) is 0 Å². The summed E-state index contributed by atoms with van der Waals surface area (Å²) >= 11 is 0. The Morgan fingerprint density at radius 1 is 1.50 bits per heavy atom. The van der Waals surface area contributed by atoms with E-state index in [0.717, 1.165) is 52.0 Å². The molecule has 0 saturated carbocycles. The second-order valence-corrected chi connectivity index (χ2v) is 6.46. The van der Waals surface area contributed by atoms with Crippen LogP contribution in [0.25, 0.3) is 0 Å².